The number of carbonyl (C=O) groups excluding carboxylic acids is 2. The summed E-state index contributed by atoms with van der Waals surface area (Å²) in [6.07, 6.45) is 16.6. The number of hydrogen-bond donors (Lipinski definition) is 0. The van der Waals surface area contributed by atoms with Gasteiger partial charge in [-0.15, -0.1) is 0 Å². The molecule has 8 nitrogen and oxygen atoms in total. The van der Waals surface area contributed by atoms with Crippen LogP contribution in [0.25, 0.3) is 22.3 Å². The summed E-state index contributed by atoms with van der Waals surface area (Å²) < 4.78 is 20.0. The highest BCUT2D eigenvalue weighted by Gasteiger charge is 2.58. The fourth-order valence-corrected chi connectivity index (χ4v) is 12.7. The Morgan fingerprint density at radius 1 is 1.04 bits per heavy atom. The first-order valence-corrected chi connectivity index (χ1v) is 20.9. The first kappa shape index (κ1) is 35.9. The minimum Gasteiger partial charge on any atom is -0.462 e. The normalized spacial score (nSPS) is 32.7. The average Bonchev–Trinajstić information content (AvgIpc) is 3.74. The van der Waals surface area contributed by atoms with Crippen LogP contribution >= 0.6 is 0 Å². The van der Waals surface area contributed by atoms with Crippen molar-refractivity contribution in [3.8, 4) is 11.4 Å². The van der Waals surface area contributed by atoms with Crippen molar-refractivity contribution in [2.75, 3.05) is 6.61 Å². The molecule has 1 unspecified atom stereocenters. The second kappa shape index (κ2) is 13.5. The van der Waals surface area contributed by atoms with Crippen LogP contribution in [0.4, 0.5) is 0 Å². The molecule has 54 heavy (non-hydrogen) atoms. The molecule has 0 spiro atoms. The largest absolute Gasteiger partial charge is 0.462 e. The van der Waals surface area contributed by atoms with Gasteiger partial charge in [-0.1, -0.05) is 57.0 Å². The van der Waals surface area contributed by atoms with Gasteiger partial charge >= 0.3 is 11.9 Å². The van der Waals surface area contributed by atoms with Crippen molar-refractivity contribution in [3.63, 3.8) is 0 Å². The summed E-state index contributed by atoms with van der Waals surface area (Å²) in [6, 6.07) is 12.0. The fraction of sp³-hybridized carbons (Fsp3) is 0.609. The Hall–Kier alpha value is -3.78. The summed E-state index contributed by atoms with van der Waals surface area (Å²) in [5.74, 6) is 2.37. The molecule has 0 saturated heterocycles. The highest BCUT2D eigenvalue weighted by molar-refractivity contribution is 5.86. The third kappa shape index (κ3) is 5.55. The van der Waals surface area contributed by atoms with Crippen molar-refractivity contribution in [1.29, 1.82) is 0 Å². The minimum absolute atomic E-state index is 0.0864. The number of carbonyl (C=O) groups is 2. The molecule has 0 bridgehead atoms. The second-order valence-corrected chi connectivity index (χ2v) is 18.0. The topological polar surface area (TPSA) is 96.7 Å². The lowest BCUT2D eigenvalue weighted by Gasteiger charge is -2.60. The molecule has 2 aromatic heterocycles. The molecule has 6 aliphatic rings. The number of nitrogens with zero attached hydrogens (tertiary/aromatic N) is 2. The van der Waals surface area contributed by atoms with Crippen LogP contribution in [-0.2, 0) is 42.6 Å². The number of hydrogen-bond acceptors (Lipinski definition) is 7. The molecule has 1 aromatic carbocycles. The van der Waals surface area contributed by atoms with Crippen LogP contribution in [0.15, 0.2) is 52.8 Å². The molecule has 3 fully saturated rings. The van der Waals surface area contributed by atoms with Crippen molar-refractivity contribution in [3.05, 3.63) is 75.1 Å². The van der Waals surface area contributed by atoms with Gasteiger partial charge in [-0.2, -0.15) is 0 Å². The summed E-state index contributed by atoms with van der Waals surface area (Å²) in [4.78, 5) is 45.2. The summed E-state index contributed by atoms with van der Waals surface area (Å²) >= 11 is 0. The van der Waals surface area contributed by atoms with E-state index in [9.17, 15) is 14.4 Å². The molecule has 0 amide bonds. The van der Waals surface area contributed by atoms with Crippen molar-refractivity contribution in [2.45, 2.75) is 136 Å². The van der Waals surface area contributed by atoms with Crippen LogP contribution < -0.4 is 5.56 Å². The molecule has 8 heteroatoms. The molecular formula is C46H56N2O6. The molecule has 4 aliphatic carbocycles. The average molecular weight is 733 g/mol. The molecule has 3 saturated carbocycles. The number of benzene rings is 1. The van der Waals surface area contributed by atoms with E-state index < -0.39 is 11.6 Å². The number of rotatable bonds is 9. The van der Waals surface area contributed by atoms with Gasteiger partial charge in [-0.25, -0.2) is 9.78 Å². The Morgan fingerprint density at radius 3 is 2.72 bits per heavy atom. The van der Waals surface area contributed by atoms with Gasteiger partial charge in [-0.05, 0) is 123 Å². The molecule has 3 aromatic rings. The van der Waals surface area contributed by atoms with Crippen molar-refractivity contribution in [1.82, 2.24) is 9.55 Å². The predicted molar refractivity (Wildman–Crippen MR) is 207 cm³/mol. The van der Waals surface area contributed by atoms with Crippen LogP contribution in [0.5, 0.6) is 0 Å². The third-order valence-electron chi connectivity index (χ3n) is 15.5. The van der Waals surface area contributed by atoms with Gasteiger partial charge in [0.05, 0.1) is 35.6 Å². The van der Waals surface area contributed by atoms with Crippen LogP contribution in [0.2, 0.25) is 0 Å². The van der Waals surface area contributed by atoms with E-state index in [4.69, 9.17) is 19.2 Å². The maximum Gasteiger partial charge on any atom is 0.343 e. The van der Waals surface area contributed by atoms with E-state index >= 15 is 0 Å². The van der Waals surface area contributed by atoms with Crippen LogP contribution in [0, 0.1) is 34.5 Å². The van der Waals surface area contributed by atoms with Gasteiger partial charge in [-0.3, -0.25) is 9.59 Å². The number of pyridine rings is 2. The first-order chi connectivity index (χ1) is 26.1. The van der Waals surface area contributed by atoms with Crippen molar-refractivity contribution < 1.29 is 23.8 Å². The van der Waals surface area contributed by atoms with Gasteiger partial charge in [0.15, 0.2) is 5.60 Å². The van der Waals surface area contributed by atoms with Gasteiger partial charge in [0.2, 0.25) is 0 Å². The van der Waals surface area contributed by atoms with Crippen LogP contribution in [-0.4, -0.2) is 34.2 Å². The lowest BCUT2D eigenvalue weighted by molar-refractivity contribution is -0.183. The maximum absolute atomic E-state index is 14.0. The number of esters is 2. The summed E-state index contributed by atoms with van der Waals surface area (Å²) in [6.45, 7) is 9.06. The lowest BCUT2D eigenvalue weighted by atomic mass is 9.44. The van der Waals surface area contributed by atoms with E-state index in [1.54, 1.807) is 10.1 Å². The smallest absolute Gasteiger partial charge is 0.343 e. The highest BCUT2D eigenvalue weighted by atomic mass is 16.6. The van der Waals surface area contributed by atoms with Crippen LogP contribution in [0.1, 0.15) is 128 Å². The summed E-state index contributed by atoms with van der Waals surface area (Å²) in [5, 5.41) is 1.02. The lowest BCUT2D eigenvalue weighted by Crippen LogP contribution is -2.52. The van der Waals surface area contributed by atoms with E-state index in [1.165, 1.54) is 58.3 Å². The monoisotopic (exact) mass is 732 g/mol. The number of fused-ring (bicyclic) bond motifs is 10. The van der Waals surface area contributed by atoms with E-state index in [0.717, 1.165) is 65.1 Å². The standard InChI is InChI=1S/C46H56N2O6/c1-5-46(38-25-40-41-30(24-29-10-6-7-14-39(29)47-41)26-48(40)42(50)35(38)27-52-43(46)51)53-23-20-33(54-28(2)49)17-15-31-11-8-12-32-16-18-34-36-13-9-21-44(36,3)22-19-37(34)45(31,32)4/h6-7,10-11,14,24-25,32-34,36-37H,5,8-9,12-13,15-23,26-27H2,1-4H3/t32?,33-,34-,36-,37-,44-,45-,46-/m0/s1. The quantitative estimate of drug-likeness (QED) is 0.125. The van der Waals surface area contributed by atoms with E-state index in [1.807, 2.05) is 37.3 Å². The molecule has 286 valence electrons. The summed E-state index contributed by atoms with van der Waals surface area (Å²) in [5.41, 5.74) is 5.01. The Balaban J connectivity index is 0.945. The number of para-hydroxylation sites is 1. The second-order valence-electron chi connectivity index (χ2n) is 18.0. The van der Waals surface area contributed by atoms with Gasteiger partial charge in [0, 0.05) is 29.9 Å². The zero-order valence-electron chi connectivity index (χ0n) is 32.6. The van der Waals surface area contributed by atoms with E-state index in [0.29, 0.717) is 41.6 Å². The zero-order valence-corrected chi connectivity index (χ0v) is 32.6. The number of aromatic nitrogens is 2. The van der Waals surface area contributed by atoms with Gasteiger partial charge in [0.1, 0.15) is 12.7 Å². The third-order valence-corrected chi connectivity index (χ3v) is 15.5. The fourth-order valence-electron chi connectivity index (χ4n) is 12.7. The van der Waals surface area contributed by atoms with E-state index in [2.05, 4.69) is 26.0 Å². The van der Waals surface area contributed by atoms with Crippen molar-refractivity contribution >= 4 is 22.8 Å². The molecule has 8 atom stereocenters. The molecular weight excluding hydrogens is 677 g/mol. The predicted octanol–water partition coefficient (Wildman–Crippen LogP) is 9.18. The maximum atomic E-state index is 14.0. The number of cyclic esters (lactones) is 1. The molecule has 4 heterocycles. The zero-order chi connectivity index (χ0) is 37.4. The first-order valence-electron chi connectivity index (χ1n) is 20.9. The van der Waals surface area contributed by atoms with Crippen LogP contribution in [0.3, 0.4) is 0 Å². The molecule has 0 N–H and O–H groups in total. The molecule has 2 aliphatic heterocycles. The highest BCUT2D eigenvalue weighted by Crippen LogP contribution is 2.67. The molecule has 9 rings (SSSR count). The van der Waals surface area contributed by atoms with Gasteiger partial charge in [0.25, 0.3) is 5.56 Å². The summed E-state index contributed by atoms with van der Waals surface area (Å²) in [7, 11) is 0. The number of ether oxygens (including phenoxy) is 3. The number of allylic oxidation sites excluding steroid dienone is 2. The van der Waals surface area contributed by atoms with Gasteiger partial charge < -0.3 is 18.8 Å². The Bertz CT molecular complexity index is 2100. The Morgan fingerprint density at radius 2 is 1.89 bits per heavy atom. The Labute approximate surface area is 319 Å². The minimum atomic E-state index is -1.44. The SMILES string of the molecule is CC[C@@]1(OCC[C@H](CCC2=CCCC3CC[C@H]4[C@@H]5CCC[C@@]5(C)CC[C@@H]4[C@@]23C)OC(C)=O)C(=O)OCc2c1cc1n(c2=O)Cc2cc3ccccc3nc2-1. The van der Waals surface area contributed by atoms with E-state index in [-0.39, 0.29) is 36.3 Å². The molecule has 0 radical (unpaired) electrons. The van der Waals surface area contributed by atoms with Crippen molar-refractivity contribution in [2.24, 2.45) is 34.5 Å². The Kier molecular flexibility index (Phi) is 8.94.